The summed E-state index contributed by atoms with van der Waals surface area (Å²) in [4.78, 5) is 14.4. The second-order valence-corrected chi connectivity index (χ2v) is 3.97. The summed E-state index contributed by atoms with van der Waals surface area (Å²) in [5, 5.41) is 2.07. The molecule has 1 N–H and O–H groups in total. The Morgan fingerprint density at radius 3 is 3.07 bits per heavy atom. The Bertz CT molecular complexity index is 469. The molecule has 2 rings (SSSR count). The van der Waals surface area contributed by atoms with Crippen LogP contribution in [0.5, 0.6) is 0 Å². The summed E-state index contributed by atoms with van der Waals surface area (Å²) >= 11 is 1.63. The number of aryl methyl sites for hydroxylation is 1. The summed E-state index contributed by atoms with van der Waals surface area (Å²) in [7, 11) is 0. The predicted molar refractivity (Wildman–Crippen MR) is 56.9 cm³/mol. The van der Waals surface area contributed by atoms with Gasteiger partial charge in [-0.05, 0) is 30.9 Å². The highest BCUT2D eigenvalue weighted by molar-refractivity contribution is 7.17. The second kappa shape index (κ2) is 3.46. The minimum absolute atomic E-state index is 0.282. The zero-order valence-electron chi connectivity index (χ0n) is 8.09. The normalized spacial score (nSPS) is 10.7. The van der Waals surface area contributed by atoms with Crippen molar-refractivity contribution in [1.82, 2.24) is 4.98 Å². The number of thiophene rings is 1. The molecule has 0 bridgehead atoms. The molecule has 0 amide bonds. The molecule has 0 aliphatic carbocycles. The van der Waals surface area contributed by atoms with Gasteiger partial charge in [0.2, 0.25) is 0 Å². The van der Waals surface area contributed by atoms with Crippen LogP contribution in [0.15, 0.2) is 11.4 Å². The summed E-state index contributed by atoms with van der Waals surface area (Å²) in [6.45, 7) is 4.23. The van der Waals surface area contributed by atoms with Crippen LogP contribution in [0.25, 0.3) is 10.2 Å². The zero-order chi connectivity index (χ0) is 10.1. The molecule has 3 nitrogen and oxygen atoms in total. The van der Waals surface area contributed by atoms with E-state index in [1.165, 1.54) is 5.56 Å². The molecule has 2 aromatic heterocycles. The average molecular weight is 209 g/mol. The summed E-state index contributed by atoms with van der Waals surface area (Å²) in [5.41, 5.74) is 2.75. The van der Waals surface area contributed by atoms with Crippen LogP contribution in [-0.4, -0.2) is 17.6 Å². The third-order valence-electron chi connectivity index (χ3n) is 2.03. The molecule has 0 atom stereocenters. The lowest BCUT2D eigenvalue weighted by Crippen LogP contribution is -2.04. The van der Waals surface area contributed by atoms with E-state index in [9.17, 15) is 4.79 Å². The van der Waals surface area contributed by atoms with Crippen molar-refractivity contribution in [2.24, 2.45) is 0 Å². The maximum Gasteiger partial charge on any atom is 0.354 e. The van der Waals surface area contributed by atoms with Gasteiger partial charge in [0.25, 0.3) is 0 Å². The van der Waals surface area contributed by atoms with E-state index in [0.29, 0.717) is 12.3 Å². The van der Waals surface area contributed by atoms with Crippen LogP contribution in [0.4, 0.5) is 0 Å². The third kappa shape index (κ3) is 1.42. The summed E-state index contributed by atoms with van der Waals surface area (Å²) in [6.07, 6.45) is 0. The molecule has 0 saturated carbocycles. The van der Waals surface area contributed by atoms with Crippen molar-refractivity contribution in [3.63, 3.8) is 0 Å². The van der Waals surface area contributed by atoms with E-state index in [-0.39, 0.29) is 5.97 Å². The number of ether oxygens (including phenoxy) is 1. The van der Waals surface area contributed by atoms with Gasteiger partial charge >= 0.3 is 5.97 Å². The Hall–Kier alpha value is -1.29. The quantitative estimate of drug-likeness (QED) is 0.773. The van der Waals surface area contributed by atoms with E-state index in [1.807, 2.05) is 13.0 Å². The lowest BCUT2D eigenvalue weighted by Gasteiger charge is -1.97. The van der Waals surface area contributed by atoms with Crippen molar-refractivity contribution < 1.29 is 9.53 Å². The highest BCUT2D eigenvalue weighted by Gasteiger charge is 2.11. The Labute approximate surface area is 85.7 Å². The minimum Gasteiger partial charge on any atom is -0.461 e. The second-order valence-electron chi connectivity index (χ2n) is 3.06. The van der Waals surface area contributed by atoms with Gasteiger partial charge in [-0.3, -0.25) is 0 Å². The van der Waals surface area contributed by atoms with Crippen LogP contribution in [-0.2, 0) is 4.74 Å². The Morgan fingerprint density at radius 2 is 2.43 bits per heavy atom. The van der Waals surface area contributed by atoms with Gasteiger partial charge < -0.3 is 9.72 Å². The van der Waals surface area contributed by atoms with Crippen molar-refractivity contribution in [3.8, 4) is 0 Å². The molecule has 0 aromatic carbocycles. The van der Waals surface area contributed by atoms with Gasteiger partial charge in [0.15, 0.2) is 0 Å². The largest absolute Gasteiger partial charge is 0.461 e. The maximum atomic E-state index is 11.4. The first-order valence-electron chi connectivity index (χ1n) is 4.46. The van der Waals surface area contributed by atoms with Gasteiger partial charge in [-0.25, -0.2) is 4.79 Å². The number of rotatable bonds is 2. The molecule has 0 saturated heterocycles. The molecule has 4 heteroatoms. The number of esters is 1. The fraction of sp³-hybridized carbons (Fsp3) is 0.300. The van der Waals surface area contributed by atoms with Crippen LogP contribution < -0.4 is 0 Å². The molecule has 0 radical (unpaired) electrons. The van der Waals surface area contributed by atoms with Crippen molar-refractivity contribution in [2.75, 3.05) is 6.61 Å². The SMILES string of the molecule is CCOC(=O)c1cc2scc(C)c2[nH]1. The highest BCUT2D eigenvalue weighted by atomic mass is 32.1. The Morgan fingerprint density at radius 1 is 1.64 bits per heavy atom. The number of aromatic amines is 1. The minimum atomic E-state index is -0.282. The van der Waals surface area contributed by atoms with Crippen LogP contribution in [0.1, 0.15) is 23.0 Å². The number of hydrogen-bond acceptors (Lipinski definition) is 3. The summed E-state index contributed by atoms with van der Waals surface area (Å²) in [5.74, 6) is -0.282. The first-order valence-corrected chi connectivity index (χ1v) is 5.34. The Balaban J connectivity index is 2.40. The fourth-order valence-electron chi connectivity index (χ4n) is 1.35. The third-order valence-corrected chi connectivity index (χ3v) is 3.08. The van der Waals surface area contributed by atoms with E-state index in [0.717, 1.165) is 10.2 Å². The molecule has 2 heterocycles. The molecule has 0 aliphatic rings. The van der Waals surface area contributed by atoms with Crippen LogP contribution in [0.2, 0.25) is 0 Å². The molecular formula is C10H11NO2S. The van der Waals surface area contributed by atoms with E-state index in [2.05, 4.69) is 10.4 Å². The van der Waals surface area contributed by atoms with Crippen molar-refractivity contribution in [3.05, 3.63) is 22.7 Å². The number of nitrogens with one attached hydrogen (secondary N) is 1. The predicted octanol–water partition coefficient (Wildman–Crippen LogP) is 2.71. The lowest BCUT2D eigenvalue weighted by atomic mass is 10.3. The van der Waals surface area contributed by atoms with Gasteiger partial charge in [0.1, 0.15) is 5.69 Å². The van der Waals surface area contributed by atoms with Crippen molar-refractivity contribution in [1.29, 1.82) is 0 Å². The first kappa shape index (κ1) is 9.27. The number of carbonyl (C=O) groups excluding carboxylic acids is 1. The molecular weight excluding hydrogens is 198 g/mol. The molecule has 2 aromatic rings. The number of fused-ring (bicyclic) bond motifs is 1. The molecule has 0 aliphatic heterocycles. The first-order chi connectivity index (χ1) is 6.72. The van der Waals surface area contributed by atoms with Crippen molar-refractivity contribution in [2.45, 2.75) is 13.8 Å². The van der Waals surface area contributed by atoms with Crippen LogP contribution in [0.3, 0.4) is 0 Å². The van der Waals surface area contributed by atoms with E-state index < -0.39 is 0 Å². The topological polar surface area (TPSA) is 42.1 Å². The Kier molecular flexibility index (Phi) is 2.29. The summed E-state index contributed by atoms with van der Waals surface area (Å²) in [6, 6.07) is 1.84. The molecule has 14 heavy (non-hydrogen) atoms. The average Bonchev–Trinajstić information content (AvgIpc) is 2.69. The highest BCUT2D eigenvalue weighted by Crippen LogP contribution is 2.25. The van der Waals surface area contributed by atoms with Crippen LogP contribution >= 0.6 is 11.3 Å². The van der Waals surface area contributed by atoms with E-state index in [1.54, 1.807) is 18.3 Å². The smallest absolute Gasteiger partial charge is 0.354 e. The molecule has 0 spiro atoms. The summed E-state index contributed by atoms with van der Waals surface area (Å²) < 4.78 is 6.00. The standard InChI is InChI=1S/C10H11NO2S/c1-3-13-10(12)7-4-8-9(11-7)6(2)5-14-8/h4-5,11H,3H2,1-2H3. The van der Waals surface area contributed by atoms with Crippen LogP contribution in [0, 0.1) is 6.92 Å². The van der Waals surface area contributed by atoms with Gasteiger partial charge in [-0.2, -0.15) is 0 Å². The maximum absolute atomic E-state index is 11.4. The molecule has 0 fully saturated rings. The van der Waals surface area contributed by atoms with E-state index >= 15 is 0 Å². The zero-order valence-corrected chi connectivity index (χ0v) is 8.90. The van der Waals surface area contributed by atoms with Gasteiger partial charge in [0.05, 0.1) is 16.8 Å². The van der Waals surface area contributed by atoms with Crippen molar-refractivity contribution >= 4 is 27.5 Å². The number of carbonyl (C=O) groups is 1. The molecule has 0 unspecified atom stereocenters. The molecule has 74 valence electrons. The fourth-order valence-corrected chi connectivity index (χ4v) is 2.29. The van der Waals surface area contributed by atoms with Gasteiger partial charge in [-0.15, -0.1) is 11.3 Å². The van der Waals surface area contributed by atoms with Gasteiger partial charge in [0, 0.05) is 0 Å². The number of hydrogen-bond donors (Lipinski definition) is 1. The monoisotopic (exact) mass is 209 g/mol. The lowest BCUT2D eigenvalue weighted by molar-refractivity contribution is 0.0520. The number of H-pyrrole nitrogens is 1. The van der Waals surface area contributed by atoms with E-state index in [4.69, 9.17) is 4.74 Å². The number of aromatic nitrogens is 1. The van der Waals surface area contributed by atoms with Gasteiger partial charge in [-0.1, -0.05) is 0 Å².